The van der Waals surface area contributed by atoms with Gasteiger partial charge in [0.05, 0.1) is 54.4 Å². The summed E-state index contributed by atoms with van der Waals surface area (Å²) >= 11 is 0. The SMILES string of the molecule is COc1ccc(CO[C@H](C(O)[C@H](CO)OCc2ccc(OC)cc2)C2O[C@@H](c3ccccc3)OC[C@H]2OCc2ccc(OC)cc2)cc1. The van der Waals surface area contributed by atoms with Crippen molar-refractivity contribution in [2.24, 2.45) is 0 Å². The molecular formula is C38H44O10. The number of ether oxygens (including phenoxy) is 8. The number of hydrogen-bond acceptors (Lipinski definition) is 10. The molecule has 4 aromatic rings. The fourth-order valence-corrected chi connectivity index (χ4v) is 5.39. The summed E-state index contributed by atoms with van der Waals surface area (Å²) in [6.45, 7) is 0.265. The minimum atomic E-state index is -1.31. The van der Waals surface area contributed by atoms with E-state index >= 15 is 0 Å². The Hall–Kier alpha value is -4.00. The van der Waals surface area contributed by atoms with Crippen LogP contribution < -0.4 is 14.2 Å². The van der Waals surface area contributed by atoms with Gasteiger partial charge in [0.15, 0.2) is 6.29 Å². The van der Waals surface area contributed by atoms with Gasteiger partial charge in [-0.25, -0.2) is 0 Å². The second-order valence-corrected chi connectivity index (χ2v) is 11.4. The summed E-state index contributed by atoms with van der Waals surface area (Å²) < 4.78 is 47.6. The van der Waals surface area contributed by atoms with E-state index in [0.29, 0.717) is 5.75 Å². The van der Waals surface area contributed by atoms with Gasteiger partial charge in [-0.15, -0.1) is 0 Å². The van der Waals surface area contributed by atoms with Crippen LogP contribution in [0, 0.1) is 0 Å². The van der Waals surface area contributed by atoms with E-state index in [-0.39, 0.29) is 26.4 Å². The first-order valence-electron chi connectivity index (χ1n) is 15.9. The predicted octanol–water partition coefficient (Wildman–Crippen LogP) is 5.24. The maximum absolute atomic E-state index is 11.9. The first kappa shape index (κ1) is 35.3. The molecule has 0 saturated carbocycles. The van der Waals surface area contributed by atoms with E-state index in [4.69, 9.17) is 37.9 Å². The summed E-state index contributed by atoms with van der Waals surface area (Å²) in [5.74, 6) is 2.18. The summed E-state index contributed by atoms with van der Waals surface area (Å²) in [4.78, 5) is 0. The highest BCUT2D eigenvalue weighted by Gasteiger charge is 2.44. The van der Waals surface area contributed by atoms with Crippen LogP contribution in [0.25, 0.3) is 0 Å². The fourth-order valence-electron chi connectivity index (χ4n) is 5.39. The van der Waals surface area contributed by atoms with Gasteiger partial charge in [-0.2, -0.15) is 0 Å². The third-order valence-electron chi connectivity index (χ3n) is 8.20. The zero-order chi connectivity index (χ0) is 33.7. The molecule has 0 radical (unpaired) electrons. The third kappa shape index (κ3) is 9.55. The van der Waals surface area contributed by atoms with Gasteiger partial charge in [-0.05, 0) is 53.1 Å². The number of rotatable bonds is 17. The molecular weight excluding hydrogens is 616 g/mol. The predicted molar refractivity (Wildman–Crippen MR) is 178 cm³/mol. The monoisotopic (exact) mass is 660 g/mol. The number of hydrogen-bond donors (Lipinski definition) is 2. The van der Waals surface area contributed by atoms with Gasteiger partial charge in [0.1, 0.15) is 47.8 Å². The highest BCUT2D eigenvalue weighted by atomic mass is 16.7. The maximum atomic E-state index is 11.9. The molecule has 48 heavy (non-hydrogen) atoms. The number of aliphatic hydroxyl groups excluding tert-OH is 2. The van der Waals surface area contributed by atoms with Crippen LogP contribution in [0.1, 0.15) is 28.5 Å². The Kier molecular flexibility index (Phi) is 13.2. The molecule has 0 spiro atoms. The van der Waals surface area contributed by atoms with Crippen molar-refractivity contribution in [2.75, 3.05) is 34.5 Å². The van der Waals surface area contributed by atoms with E-state index in [9.17, 15) is 10.2 Å². The lowest BCUT2D eigenvalue weighted by atomic mass is 9.97. The Bertz CT molecular complexity index is 1480. The van der Waals surface area contributed by atoms with Gasteiger partial charge >= 0.3 is 0 Å². The summed E-state index contributed by atoms with van der Waals surface area (Å²) in [6, 6.07) is 32.0. The van der Waals surface area contributed by atoms with Crippen molar-refractivity contribution < 1.29 is 48.1 Å². The number of methoxy groups -OCH3 is 3. The molecule has 2 N–H and O–H groups in total. The third-order valence-corrected chi connectivity index (χ3v) is 8.20. The summed E-state index contributed by atoms with van der Waals surface area (Å²) in [5.41, 5.74) is 3.44. The van der Waals surface area contributed by atoms with Crippen molar-refractivity contribution in [3.05, 3.63) is 125 Å². The Balaban J connectivity index is 1.40. The van der Waals surface area contributed by atoms with Crippen molar-refractivity contribution in [1.82, 2.24) is 0 Å². The van der Waals surface area contributed by atoms with E-state index in [2.05, 4.69) is 0 Å². The molecule has 1 heterocycles. The topological polar surface area (TPSA) is 114 Å². The standard InChI is InChI=1S/C38H44O10/c1-41-30-15-9-26(10-16-30)22-44-33(21-39)35(40)37(46-24-28-13-19-32(43-3)20-14-28)36-34(45-23-27-11-17-31(42-2)18-12-27)25-47-38(48-36)29-7-5-4-6-8-29/h4-20,33-40H,21-25H2,1-3H3/t33-,34+,35?,36?,37+,38-/m0/s1. The molecule has 6 atom stereocenters. The molecule has 0 amide bonds. The summed E-state index contributed by atoms with van der Waals surface area (Å²) in [7, 11) is 4.83. The highest BCUT2D eigenvalue weighted by molar-refractivity contribution is 5.28. The Morgan fingerprint density at radius 2 is 1.17 bits per heavy atom. The zero-order valence-electron chi connectivity index (χ0n) is 27.5. The Labute approximate surface area is 281 Å². The van der Waals surface area contributed by atoms with E-state index in [0.717, 1.165) is 33.8 Å². The smallest absolute Gasteiger partial charge is 0.184 e. The maximum Gasteiger partial charge on any atom is 0.184 e. The van der Waals surface area contributed by atoms with Gasteiger partial charge in [0.25, 0.3) is 0 Å². The van der Waals surface area contributed by atoms with Crippen LogP contribution >= 0.6 is 0 Å². The van der Waals surface area contributed by atoms with Crippen LogP contribution in [0.3, 0.4) is 0 Å². The van der Waals surface area contributed by atoms with Crippen LogP contribution in [0.4, 0.5) is 0 Å². The molecule has 1 saturated heterocycles. The van der Waals surface area contributed by atoms with Crippen LogP contribution in [-0.4, -0.2) is 75.3 Å². The lowest BCUT2D eigenvalue weighted by molar-refractivity contribution is -0.303. The quantitative estimate of drug-likeness (QED) is 0.156. The van der Waals surface area contributed by atoms with Crippen LogP contribution in [0.15, 0.2) is 103 Å². The molecule has 0 bridgehead atoms. The fraction of sp³-hybridized carbons (Fsp3) is 0.368. The molecule has 2 unspecified atom stereocenters. The molecule has 10 heteroatoms. The summed E-state index contributed by atoms with van der Waals surface area (Å²) in [5, 5.41) is 22.4. The minimum absolute atomic E-state index is 0.143. The van der Waals surface area contributed by atoms with Crippen LogP contribution in [0.2, 0.25) is 0 Å². The van der Waals surface area contributed by atoms with Crippen LogP contribution in [0.5, 0.6) is 17.2 Å². The zero-order valence-corrected chi connectivity index (χ0v) is 27.5. The first-order valence-corrected chi connectivity index (χ1v) is 15.9. The second-order valence-electron chi connectivity index (χ2n) is 11.4. The van der Waals surface area contributed by atoms with Gasteiger partial charge in [-0.1, -0.05) is 66.7 Å². The number of aliphatic hydroxyl groups is 2. The molecule has 0 aliphatic carbocycles. The molecule has 10 nitrogen and oxygen atoms in total. The Morgan fingerprint density at radius 1 is 0.667 bits per heavy atom. The van der Waals surface area contributed by atoms with Crippen molar-refractivity contribution >= 4 is 0 Å². The van der Waals surface area contributed by atoms with E-state index in [1.807, 2.05) is 103 Å². The lowest BCUT2D eigenvalue weighted by Gasteiger charge is -2.42. The second kappa shape index (κ2) is 18.0. The average Bonchev–Trinajstić information content (AvgIpc) is 3.15. The van der Waals surface area contributed by atoms with Crippen molar-refractivity contribution in [3.63, 3.8) is 0 Å². The molecule has 256 valence electrons. The number of benzene rings is 4. The average molecular weight is 661 g/mol. The highest BCUT2D eigenvalue weighted by Crippen LogP contribution is 2.33. The lowest BCUT2D eigenvalue weighted by Crippen LogP contribution is -2.56. The minimum Gasteiger partial charge on any atom is -0.497 e. The van der Waals surface area contributed by atoms with E-state index in [1.54, 1.807) is 21.3 Å². The molecule has 1 aliphatic heterocycles. The van der Waals surface area contributed by atoms with Crippen LogP contribution in [-0.2, 0) is 43.5 Å². The van der Waals surface area contributed by atoms with E-state index in [1.165, 1.54) is 0 Å². The molecule has 1 fully saturated rings. The summed E-state index contributed by atoms with van der Waals surface area (Å²) in [6.07, 6.45) is -5.48. The van der Waals surface area contributed by atoms with Gasteiger partial charge < -0.3 is 48.1 Å². The van der Waals surface area contributed by atoms with Gasteiger partial charge in [0.2, 0.25) is 0 Å². The van der Waals surface area contributed by atoms with E-state index < -0.39 is 43.4 Å². The molecule has 5 rings (SSSR count). The largest absolute Gasteiger partial charge is 0.497 e. The molecule has 1 aliphatic rings. The van der Waals surface area contributed by atoms with Gasteiger partial charge in [-0.3, -0.25) is 0 Å². The van der Waals surface area contributed by atoms with Crippen molar-refractivity contribution in [1.29, 1.82) is 0 Å². The van der Waals surface area contributed by atoms with Crippen molar-refractivity contribution in [2.45, 2.75) is 56.6 Å². The van der Waals surface area contributed by atoms with Gasteiger partial charge in [0, 0.05) is 5.56 Å². The molecule has 4 aromatic carbocycles. The normalized spacial score (nSPS) is 19.6. The van der Waals surface area contributed by atoms with Crippen molar-refractivity contribution in [3.8, 4) is 17.2 Å². The Morgan fingerprint density at radius 3 is 1.67 bits per heavy atom. The molecule has 0 aromatic heterocycles. The first-order chi connectivity index (χ1) is 23.5.